The fraction of sp³-hybridized carbons (Fsp3) is 0.538. The minimum Gasteiger partial charge on any atom is -0.478 e. The second-order valence-electron chi connectivity index (χ2n) is 4.31. The van der Waals surface area contributed by atoms with E-state index in [-0.39, 0.29) is 5.91 Å². The topological polar surface area (TPSA) is 63.2 Å². The van der Waals surface area contributed by atoms with Gasteiger partial charge in [-0.05, 0) is 25.8 Å². The van der Waals surface area contributed by atoms with Gasteiger partial charge in [-0.2, -0.15) is 4.98 Å². The lowest BCUT2D eigenvalue weighted by atomic mass is 10.3. The van der Waals surface area contributed by atoms with Crippen molar-refractivity contribution < 1.29 is 9.53 Å². The lowest BCUT2D eigenvalue weighted by molar-refractivity contribution is -0.120. The highest BCUT2D eigenvalue weighted by Gasteiger charge is 2.22. The fourth-order valence-electron chi connectivity index (χ4n) is 1.57. The van der Waals surface area contributed by atoms with Gasteiger partial charge in [0.1, 0.15) is 5.82 Å². The Labute approximate surface area is 107 Å². The summed E-state index contributed by atoms with van der Waals surface area (Å²) in [4.78, 5) is 15.7. The first-order valence-electron chi connectivity index (χ1n) is 6.41. The minimum absolute atomic E-state index is 0.103. The molecule has 1 amide bonds. The zero-order valence-electron chi connectivity index (χ0n) is 10.6. The molecule has 18 heavy (non-hydrogen) atoms. The molecule has 0 saturated heterocycles. The van der Waals surface area contributed by atoms with Gasteiger partial charge in [-0.25, -0.2) is 0 Å². The van der Waals surface area contributed by atoms with Crippen LogP contribution >= 0.6 is 0 Å². The number of hydrogen-bond acceptors (Lipinski definition) is 4. The van der Waals surface area contributed by atoms with Gasteiger partial charge in [-0.3, -0.25) is 4.79 Å². The van der Waals surface area contributed by atoms with Gasteiger partial charge < -0.3 is 15.4 Å². The van der Waals surface area contributed by atoms with E-state index in [0.29, 0.717) is 31.5 Å². The Balaban J connectivity index is 1.71. The summed E-state index contributed by atoms with van der Waals surface area (Å²) in [7, 11) is 0. The van der Waals surface area contributed by atoms with Gasteiger partial charge in [0.25, 0.3) is 0 Å². The molecule has 1 aliphatic rings. The van der Waals surface area contributed by atoms with E-state index in [0.717, 1.165) is 18.7 Å². The van der Waals surface area contributed by atoms with Crippen LogP contribution in [0.4, 0.5) is 5.82 Å². The summed E-state index contributed by atoms with van der Waals surface area (Å²) in [5.74, 6) is 1.44. The number of rotatable bonds is 7. The first-order valence-corrected chi connectivity index (χ1v) is 6.41. The highest BCUT2D eigenvalue weighted by atomic mass is 16.5. The SMILES string of the molecule is CCOc1cccc(NCCC(=O)NC2CC2)n1. The van der Waals surface area contributed by atoms with Gasteiger partial charge in [-0.1, -0.05) is 6.07 Å². The number of anilines is 1. The van der Waals surface area contributed by atoms with Gasteiger partial charge >= 0.3 is 0 Å². The Bertz CT molecular complexity index is 405. The Morgan fingerprint density at radius 2 is 2.33 bits per heavy atom. The third kappa shape index (κ3) is 4.24. The van der Waals surface area contributed by atoms with Crippen LogP contribution in [0.2, 0.25) is 0 Å². The number of carbonyl (C=O) groups is 1. The van der Waals surface area contributed by atoms with Crippen LogP contribution < -0.4 is 15.4 Å². The van der Waals surface area contributed by atoms with Crippen LogP contribution in [0.3, 0.4) is 0 Å². The van der Waals surface area contributed by atoms with Crippen LogP contribution in [-0.2, 0) is 4.79 Å². The lowest BCUT2D eigenvalue weighted by Crippen LogP contribution is -2.27. The van der Waals surface area contributed by atoms with Crippen molar-refractivity contribution in [3.05, 3.63) is 18.2 Å². The molecule has 1 aliphatic carbocycles. The van der Waals surface area contributed by atoms with E-state index in [9.17, 15) is 4.79 Å². The Morgan fingerprint density at radius 1 is 1.50 bits per heavy atom. The second kappa shape index (κ2) is 6.23. The second-order valence-corrected chi connectivity index (χ2v) is 4.31. The molecule has 2 N–H and O–H groups in total. The van der Waals surface area contributed by atoms with Crippen LogP contribution in [0, 0.1) is 0 Å². The third-order valence-corrected chi connectivity index (χ3v) is 2.62. The van der Waals surface area contributed by atoms with E-state index < -0.39 is 0 Å². The maximum atomic E-state index is 11.5. The van der Waals surface area contributed by atoms with E-state index >= 15 is 0 Å². The van der Waals surface area contributed by atoms with Gasteiger partial charge in [0.05, 0.1) is 6.61 Å². The summed E-state index contributed by atoms with van der Waals surface area (Å²) in [5, 5.41) is 6.06. The van der Waals surface area contributed by atoms with Crippen LogP contribution in [-0.4, -0.2) is 30.1 Å². The van der Waals surface area contributed by atoms with E-state index in [1.165, 1.54) is 0 Å². The quantitative estimate of drug-likeness (QED) is 0.769. The van der Waals surface area contributed by atoms with E-state index in [1.54, 1.807) is 0 Å². The van der Waals surface area contributed by atoms with Crippen LogP contribution in [0.5, 0.6) is 5.88 Å². The predicted octanol–water partition coefficient (Wildman–Crippen LogP) is 1.56. The zero-order valence-corrected chi connectivity index (χ0v) is 10.6. The minimum atomic E-state index is 0.103. The van der Waals surface area contributed by atoms with Crippen molar-refractivity contribution >= 4 is 11.7 Å². The molecular formula is C13H19N3O2. The zero-order chi connectivity index (χ0) is 12.8. The Morgan fingerprint density at radius 3 is 3.06 bits per heavy atom. The van der Waals surface area contributed by atoms with Crippen molar-refractivity contribution in [1.82, 2.24) is 10.3 Å². The number of nitrogens with zero attached hydrogens (tertiary/aromatic N) is 1. The predicted molar refractivity (Wildman–Crippen MR) is 69.7 cm³/mol. The molecule has 98 valence electrons. The molecule has 0 unspecified atom stereocenters. The molecule has 0 aliphatic heterocycles. The number of nitrogens with one attached hydrogen (secondary N) is 2. The van der Waals surface area contributed by atoms with E-state index in [2.05, 4.69) is 15.6 Å². The Hall–Kier alpha value is -1.78. The molecule has 0 radical (unpaired) electrons. The number of amides is 1. The molecule has 0 spiro atoms. The number of hydrogen-bond donors (Lipinski definition) is 2. The number of carbonyl (C=O) groups excluding carboxylic acids is 1. The lowest BCUT2D eigenvalue weighted by Gasteiger charge is -2.07. The summed E-state index contributed by atoms with van der Waals surface area (Å²) >= 11 is 0. The summed E-state index contributed by atoms with van der Waals surface area (Å²) in [6, 6.07) is 5.98. The molecule has 2 rings (SSSR count). The van der Waals surface area contributed by atoms with Crippen molar-refractivity contribution in [3.8, 4) is 5.88 Å². The Kier molecular flexibility index (Phi) is 4.39. The average molecular weight is 249 g/mol. The highest BCUT2D eigenvalue weighted by molar-refractivity contribution is 5.77. The average Bonchev–Trinajstić information content (AvgIpc) is 3.14. The molecule has 1 aromatic rings. The number of pyridine rings is 1. The summed E-state index contributed by atoms with van der Waals surface area (Å²) in [6.45, 7) is 3.10. The largest absolute Gasteiger partial charge is 0.478 e. The molecule has 1 saturated carbocycles. The smallest absolute Gasteiger partial charge is 0.221 e. The molecule has 5 heteroatoms. The standard InChI is InChI=1S/C13H19N3O2/c1-2-18-13-5-3-4-11(16-13)14-9-8-12(17)15-10-6-7-10/h3-5,10H,2,6-9H2,1H3,(H,14,16)(H,15,17). The molecule has 0 atom stereocenters. The summed E-state index contributed by atoms with van der Waals surface area (Å²) in [5.41, 5.74) is 0. The van der Waals surface area contributed by atoms with Crippen LogP contribution in [0.15, 0.2) is 18.2 Å². The van der Waals surface area contributed by atoms with Crippen LogP contribution in [0.1, 0.15) is 26.2 Å². The molecular weight excluding hydrogens is 230 g/mol. The fourth-order valence-corrected chi connectivity index (χ4v) is 1.57. The monoisotopic (exact) mass is 249 g/mol. The maximum Gasteiger partial charge on any atom is 0.221 e. The van der Waals surface area contributed by atoms with Gasteiger partial charge in [0, 0.05) is 25.1 Å². The molecule has 1 heterocycles. The van der Waals surface area contributed by atoms with Crippen molar-refractivity contribution in [2.75, 3.05) is 18.5 Å². The molecule has 1 fully saturated rings. The van der Waals surface area contributed by atoms with Crippen LogP contribution in [0.25, 0.3) is 0 Å². The molecule has 0 aromatic carbocycles. The first kappa shape index (κ1) is 12.7. The van der Waals surface area contributed by atoms with Crippen molar-refractivity contribution in [2.24, 2.45) is 0 Å². The van der Waals surface area contributed by atoms with Gasteiger partial charge in [0.15, 0.2) is 0 Å². The highest BCUT2D eigenvalue weighted by Crippen LogP contribution is 2.18. The van der Waals surface area contributed by atoms with Crippen molar-refractivity contribution in [1.29, 1.82) is 0 Å². The maximum absolute atomic E-state index is 11.5. The van der Waals surface area contributed by atoms with Gasteiger partial charge in [-0.15, -0.1) is 0 Å². The van der Waals surface area contributed by atoms with Crippen molar-refractivity contribution in [2.45, 2.75) is 32.2 Å². The molecule has 0 bridgehead atoms. The van der Waals surface area contributed by atoms with E-state index in [4.69, 9.17) is 4.74 Å². The first-order chi connectivity index (χ1) is 8.78. The summed E-state index contributed by atoms with van der Waals surface area (Å²) < 4.78 is 5.30. The summed E-state index contributed by atoms with van der Waals surface area (Å²) in [6.07, 6.45) is 2.71. The van der Waals surface area contributed by atoms with Crippen molar-refractivity contribution in [3.63, 3.8) is 0 Å². The number of aromatic nitrogens is 1. The number of ether oxygens (including phenoxy) is 1. The molecule has 5 nitrogen and oxygen atoms in total. The normalized spacial score (nSPS) is 14.1. The van der Waals surface area contributed by atoms with Gasteiger partial charge in [0.2, 0.25) is 11.8 Å². The molecule has 1 aromatic heterocycles. The third-order valence-electron chi connectivity index (χ3n) is 2.62. The van der Waals surface area contributed by atoms with E-state index in [1.807, 2.05) is 25.1 Å².